The van der Waals surface area contributed by atoms with E-state index in [4.69, 9.17) is 5.11 Å². The molecular weight excluding hydrogens is 174 g/mol. The normalized spacial score (nSPS) is 15.5. The molecule has 0 aliphatic rings. The molecule has 1 aromatic carbocycles. The Morgan fingerprint density at radius 1 is 1.31 bits per heavy atom. The fourth-order valence-electron chi connectivity index (χ4n) is 1.02. The monoisotopic (exact) mass is 185 g/mol. The van der Waals surface area contributed by atoms with E-state index in [0.717, 1.165) is 12.1 Å². The smallest absolute Gasteiger partial charge is 0.159 e. The summed E-state index contributed by atoms with van der Waals surface area (Å²) in [5.41, 5.74) is 0.494. The minimum Gasteiger partial charge on any atom is -0.393 e. The molecule has 0 amide bonds. The number of halogens is 2. The van der Waals surface area contributed by atoms with E-state index in [0.29, 0.717) is 5.56 Å². The van der Waals surface area contributed by atoms with Crippen molar-refractivity contribution >= 4 is 0 Å². The van der Waals surface area contributed by atoms with Gasteiger partial charge < -0.3 is 5.11 Å². The largest absolute Gasteiger partial charge is 0.393 e. The summed E-state index contributed by atoms with van der Waals surface area (Å²) >= 11 is 0. The Balaban J connectivity index is 2.97. The Bertz CT molecular complexity index is 297. The average Bonchev–Trinajstić information content (AvgIpc) is 2.08. The number of hydrogen-bond donors (Lipinski definition) is 1. The van der Waals surface area contributed by atoms with Crippen LogP contribution in [0.3, 0.4) is 0 Å². The van der Waals surface area contributed by atoms with Crippen molar-refractivity contribution in [2.24, 2.45) is 0 Å². The second-order valence-electron chi connectivity index (χ2n) is 3.02. The Labute approximate surface area is 76.0 Å². The summed E-state index contributed by atoms with van der Waals surface area (Å²) in [7, 11) is 0. The zero-order valence-electron chi connectivity index (χ0n) is 7.30. The summed E-state index contributed by atoms with van der Waals surface area (Å²) in [6.45, 7) is 5.19. The molecule has 0 aromatic heterocycles. The number of benzene rings is 1. The molecule has 0 saturated heterocycles. The summed E-state index contributed by atoms with van der Waals surface area (Å²) in [4.78, 5) is 0. The second kappa shape index (κ2) is 3.83. The predicted octanol–water partition coefficient (Wildman–Crippen LogP) is 2.26. The maximum Gasteiger partial charge on any atom is 0.159 e. The van der Waals surface area contributed by atoms with Gasteiger partial charge in [-0.1, -0.05) is 6.07 Å². The van der Waals surface area contributed by atoms with Crippen LogP contribution in [0.5, 0.6) is 0 Å². The minimum absolute atomic E-state index is 0.435. The van der Waals surface area contributed by atoms with E-state index in [1.807, 2.05) is 0 Å². The van der Waals surface area contributed by atoms with Gasteiger partial charge in [0.05, 0.1) is 6.10 Å². The van der Waals surface area contributed by atoms with E-state index in [2.05, 4.69) is 6.92 Å². The molecule has 0 spiro atoms. The van der Waals surface area contributed by atoms with Gasteiger partial charge in [-0.15, -0.1) is 0 Å². The molecule has 3 heteroatoms. The molecule has 0 aliphatic heterocycles. The summed E-state index contributed by atoms with van der Waals surface area (Å²) < 4.78 is 25.2. The molecule has 1 radical (unpaired) electrons. The Morgan fingerprint density at radius 2 is 1.92 bits per heavy atom. The highest BCUT2D eigenvalue weighted by Gasteiger charge is 2.13. The van der Waals surface area contributed by atoms with Gasteiger partial charge in [-0.25, -0.2) is 8.78 Å². The van der Waals surface area contributed by atoms with Gasteiger partial charge in [0.2, 0.25) is 0 Å². The molecule has 71 valence electrons. The Morgan fingerprint density at radius 3 is 2.38 bits per heavy atom. The van der Waals surface area contributed by atoms with Crippen LogP contribution < -0.4 is 0 Å². The van der Waals surface area contributed by atoms with Gasteiger partial charge in [-0.3, -0.25) is 0 Å². The van der Waals surface area contributed by atoms with Crippen LogP contribution in [0.2, 0.25) is 0 Å². The van der Waals surface area contributed by atoms with Gasteiger partial charge >= 0.3 is 0 Å². The number of hydrogen-bond acceptors (Lipinski definition) is 1. The highest BCUT2D eigenvalue weighted by molar-refractivity contribution is 5.23. The van der Waals surface area contributed by atoms with E-state index in [1.54, 1.807) is 6.92 Å². The van der Waals surface area contributed by atoms with Gasteiger partial charge in [0.25, 0.3) is 0 Å². The topological polar surface area (TPSA) is 20.2 Å². The van der Waals surface area contributed by atoms with Crippen LogP contribution in [0.4, 0.5) is 8.78 Å². The molecule has 1 aromatic rings. The molecule has 2 unspecified atom stereocenters. The van der Waals surface area contributed by atoms with Crippen LogP contribution in [-0.2, 0) is 0 Å². The SMILES string of the molecule is [CH2]C(c1ccc(F)c(F)c1)C(C)O. The summed E-state index contributed by atoms with van der Waals surface area (Å²) in [5.74, 6) is -2.23. The minimum atomic E-state index is -0.910. The molecule has 2 atom stereocenters. The lowest BCUT2D eigenvalue weighted by Crippen LogP contribution is -2.11. The standard InChI is InChI=1S/C10H11F2O/c1-6(7(2)13)8-3-4-9(11)10(12)5-8/h3-7,13H,1H2,2H3. The zero-order valence-corrected chi connectivity index (χ0v) is 7.30. The number of aliphatic hydroxyl groups excluding tert-OH is 1. The first-order chi connectivity index (χ1) is 6.02. The molecule has 0 bridgehead atoms. The van der Waals surface area contributed by atoms with E-state index in [-0.39, 0.29) is 0 Å². The van der Waals surface area contributed by atoms with Crippen molar-refractivity contribution in [3.8, 4) is 0 Å². The van der Waals surface area contributed by atoms with E-state index in [9.17, 15) is 8.78 Å². The third-order valence-corrected chi connectivity index (χ3v) is 1.95. The van der Waals surface area contributed by atoms with Gasteiger partial charge in [0.15, 0.2) is 11.6 Å². The van der Waals surface area contributed by atoms with Crippen LogP contribution in [-0.4, -0.2) is 11.2 Å². The summed E-state index contributed by atoms with van der Waals surface area (Å²) in [6.07, 6.45) is -0.676. The lowest BCUT2D eigenvalue weighted by atomic mass is 9.96. The van der Waals surface area contributed by atoms with Crippen molar-refractivity contribution in [2.75, 3.05) is 0 Å². The highest BCUT2D eigenvalue weighted by atomic mass is 19.2. The lowest BCUT2D eigenvalue weighted by Gasteiger charge is -2.14. The number of aliphatic hydroxyl groups is 1. The molecule has 13 heavy (non-hydrogen) atoms. The fraction of sp³-hybridized carbons (Fsp3) is 0.300. The van der Waals surface area contributed by atoms with Crippen molar-refractivity contribution in [1.82, 2.24) is 0 Å². The Hall–Kier alpha value is -0.960. The quantitative estimate of drug-likeness (QED) is 0.749. The van der Waals surface area contributed by atoms with Crippen LogP contribution in [0.25, 0.3) is 0 Å². The first-order valence-corrected chi connectivity index (χ1v) is 3.98. The molecule has 0 saturated carbocycles. The van der Waals surface area contributed by atoms with Crippen molar-refractivity contribution in [1.29, 1.82) is 0 Å². The molecule has 1 nitrogen and oxygen atoms in total. The molecular formula is C10H11F2O. The second-order valence-corrected chi connectivity index (χ2v) is 3.02. The summed E-state index contributed by atoms with van der Waals surface area (Å²) in [5, 5.41) is 9.16. The third-order valence-electron chi connectivity index (χ3n) is 1.95. The van der Waals surface area contributed by atoms with Crippen molar-refractivity contribution in [2.45, 2.75) is 18.9 Å². The molecule has 0 fully saturated rings. The highest BCUT2D eigenvalue weighted by Crippen LogP contribution is 2.20. The molecule has 0 heterocycles. The first kappa shape index (κ1) is 10.1. The van der Waals surface area contributed by atoms with Crippen LogP contribution in [0, 0.1) is 18.6 Å². The average molecular weight is 185 g/mol. The molecule has 1 N–H and O–H groups in total. The van der Waals surface area contributed by atoms with E-state index in [1.165, 1.54) is 6.07 Å². The van der Waals surface area contributed by atoms with Crippen molar-refractivity contribution in [3.05, 3.63) is 42.3 Å². The maximum atomic E-state index is 12.7. The predicted molar refractivity (Wildman–Crippen MR) is 46.1 cm³/mol. The number of rotatable bonds is 2. The van der Waals surface area contributed by atoms with Gasteiger partial charge in [-0.2, -0.15) is 0 Å². The zero-order chi connectivity index (χ0) is 10.0. The van der Waals surface area contributed by atoms with Gasteiger partial charge in [-0.05, 0) is 31.5 Å². The lowest BCUT2D eigenvalue weighted by molar-refractivity contribution is 0.178. The first-order valence-electron chi connectivity index (χ1n) is 3.98. The van der Waals surface area contributed by atoms with Gasteiger partial charge in [0.1, 0.15) is 0 Å². The van der Waals surface area contributed by atoms with Crippen molar-refractivity contribution in [3.63, 3.8) is 0 Å². The molecule has 1 rings (SSSR count). The van der Waals surface area contributed by atoms with E-state index >= 15 is 0 Å². The maximum absolute atomic E-state index is 12.7. The summed E-state index contributed by atoms with van der Waals surface area (Å²) in [6, 6.07) is 3.51. The van der Waals surface area contributed by atoms with Crippen LogP contribution in [0.1, 0.15) is 18.4 Å². The fourth-order valence-corrected chi connectivity index (χ4v) is 1.02. The Kier molecular flexibility index (Phi) is 2.98. The van der Waals surface area contributed by atoms with Crippen molar-refractivity contribution < 1.29 is 13.9 Å². The third kappa shape index (κ3) is 2.25. The molecule has 0 aliphatic carbocycles. The van der Waals surface area contributed by atoms with E-state index < -0.39 is 23.7 Å². The van der Waals surface area contributed by atoms with Gasteiger partial charge in [0, 0.05) is 5.92 Å². The van der Waals surface area contributed by atoms with Crippen LogP contribution >= 0.6 is 0 Å². The van der Waals surface area contributed by atoms with Crippen LogP contribution in [0.15, 0.2) is 18.2 Å².